The quantitative estimate of drug-likeness (QED) is 0.546. The van der Waals surface area contributed by atoms with E-state index < -0.39 is 11.7 Å². The van der Waals surface area contributed by atoms with Gasteiger partial charge in [-0.1, -0.05) is 19.1 Å². The molecule has 0 fully saturated rings. The zero-order valence-corrected chi connectivity index (χ0v) is 19.4. The number of carbonyl (C=O) groups is 1. The first-order valence-corrected chi connectivity index (χ1v) is 11.5. The molecule has 2 aliphatic carbocycles. The average Bonchev–Trinajstić information content (AvgIpc) is 3.44. The molecule has 5 rings (SSSR count). The molecule has 0 spiro atoms. The lowest BCUT2D eigenvalue weighted by Gasteiger charge is -2.31. The summed E-state index contributed by atoms with van der Waals surface area (Å²) in [5.41, 5.74) is 8.00. The van der Waals surface area contributed by atoms with E-state index >= 15 is 0 Å². The number of carbonyl (C=O) groups excluding carboxylic acids is 1. The van der Waals surface area contributed by atoms with Crippen molar-refractivity contribution in [1.82, 2.24) is 10.3 Å². The number of hydrogen-bond donors (Lipinski definition) is 1. The van der Waals surface area contributed by atoms with Gasteiger partial charge < -0.3 is 10.3 Å². The van der Waals surface area contributed by atoms with E-state index in [1.165, 1.54) is 23.1 Å². The number of amides is 1. The minimum atomic E-state index is -4.42. The molecule has 1 amide bonds. The zero-order valence-electron chi connectivity index (χ0n) is 19.4. The van der Waals surface area contributed by atoms with Crippen molar-refractivity contribution in [2.24, 2.45) is 11.8 Å². The summed E-state index contributed by atoms with van der Waals surface area (Å²) in [7, 11) is 1.64. The second-order valence-electron chi connectivity index (χ2n) is 9.26. The van der Waals surface area contributed by atoms with Crippen LogP contribution in [0.15, 0.2) is 83.2 Å². The lowest BCUT2D eigenvalue weighted by atomic mass is 9.80. The van der Waals surface area contributed by atoms with Gasteiger partial charge in [-0.25, -0.2) is 4.39 Å². The van der Waals surface area contributed by atoms with E-state index in [0.717, 1.165) is 46.7 Å². The summed E-state index contributed by atoms with van der Waals surface area (Å²) in [6, 6.07) is 11.3. The number of fused-ring (bicyclic) bond motifs is 1. The molecule has 35 heavy (non-hydrogen) atoms. The fourth-order valence-corrected chi connectivity index (χ4v) is 5.32. The molecular formula is C27H25F4N3O. The largest absolute Gasteiger partial charge is 0.416 e. The first kappa shape index (κ1) is 23.2. The van der Waals surface area contributed by atoms with Crippen molar-refractivity contribution in [2.75, 3.05) is 12.1 Å². The van der Waals surface area contributed by atoms with Crippen LogP contribution in [0.1, 0.15) is 30.9 Å². The Morgan fingerprint density at radius 2 is 1.91 bits per heavy atom. The van der Waals surface area contributed by atoms with E-state index in [9.17, 15) is 22.4 Å². The zero-order chi connectivity index (χ0) is 24.9. The van der Waals surface area contributed by atoms with Gasteiger partial charge in [0, 0.05) is 31.3 Å². The normalized spacial score (nSPS) is 21.3. The fraction of sp³-hybridized carbons (Fsp3) is 0.296. The van der Waals surface area contributed by atoms with Crippen molar-refractivity contribution in [3.8, 4) is 0 Å². The van der Waals surface area contributed by atoms with Gasteiger partial charge >= 0.3 is 6.18 Å². The van der Waals surface area contributed by atoms with E-state index in [2.05, 4.69) is 18.4 Å². The van der Waals surface area contributed by atoms with E-state index in [0.29, 0.717) is 12.0 Å². The molecule has 1 N–H and O–H groups in total. The smallest absolute Gasteiger partial charge is 0.341 e. The number of anilines is 1. The molecule has 4 nitrogen and oxygen atoms in total. The third-order valence-corrected chi connectivity index (χ3v) is 7.01. The SMILES string of the molecule is C[C@H]1C2=CNN(c3ccc(F)cc3)C2=CC2=C1[C@@H](C(=O)N(C)Cc1cccc(C(F)(F)F)c1)CC2. The van der Waals surface area contributed by atoms with Crippen LogP contribution in [0, 0.1) is 17.7 Å². The van der Waals surface area contributed by atoms with Gasteiger partial charge in [0.15, 0.2) is 0 Å². The molecule has 0 saturated carbocycles. The predicted octanol–water partition coefficient (Wildman–Crippen LogP) is 5.95. The highest BCUT2D eigenvalue weighted by Crippen LogP contribution is 2.48. The van der Waals surface area contributed by atoms with E-state index in [1.807, 2.05) is 11.2 Å². The van der Waals surface area contributed by atoms with Gasteiger partial charge in [-0.3, -0.25) is 9.80 Å². The van der Waals surface area contributed by atoms with Gasteiger partial charge in [-0.15, -0.1) is 0 Å². The number of alkyl halides is 3. The van der Waals surface area contributed by atoms with Crippen LogP contribution in [0.25, 0.3) is 0 Å². The topological polar surface area (TPSA) is 35.6 Å². The first-order chi connectivity index (χ1) is 16.6. The Morgan fingerprint density at radius 3 is 2.63 bits per heavy atom. The summed E-state index contributed by atoms with van der Waals surface area (Å²) in [5.74, 6) is -0.697. The van der Waals surface area contributed by atoms with Gasteiger partial charge in [0.2, 0.25) is 5.91 Å². The molecule has 1 heterocycles. The maximum Gasteiger partial charge on any atom is 0.416 e. The van der Waals surface area contributed by atoms with Crippen molar-refractivity contribution in [1.29, 1.82) is 0 Å². The molecule has 8 heteroatoms. The van der Waals surface area contributed by atoms with Crippen LogP contribution in [-0.4, -0.2) is 17.9 Å². The third-order valence-electron chi connectivity index (χ3n) is 7.01. The molecular weight excluding hydrogens is 458 g/mol. The molecule has 2 aromatic carbocycles. The summed E-state index contributed by atoms with van der Waals surface area (Å²) in [4.78, 5) is 14.9. The Bertz CT molecular complexity index is 1260. The molecule has 182 valence electrons. The summed E-state index contributed by atoms with van der Waals surface area (Å²) in [6.07, 6.45) is 1.000. The number of hydrogen-bond acceptors (Lipinski definition) is 3. The number of hydrazine groups is 1. The lowest BCUT2D eigenvalue weighted by Crippen LogP contribution is -2.34. The maximum atomic E-state index is 13.4. The van der Waals surface area contributed by atoms with Crippen molar-refractivity contribution >= 4 is 11.6 Å². The minimum absolute atomic E-state index is 0.00126. The molecule has 0 bridgehead atoms. The van der Waals surface area contributed by atoms with Gasteiger partial charge in [-0.05, 0) is 72.0 Å². The fourth-order valence-electron chi connectivity index (χ4n) is 5.32. The van der Waals surface area contributed by atoms with Crippen LogP contribution in [0.2, 0.25) is 0 Å². The summed E-state index contributed by atoms with van der Waals surface area (Å²) < 4.78 is 52.6. The summed E-state index contributed by atoms with van der Waals surface area (Å²) in [6.45, 7) is 2.18. The van der Waals surface area contributed by atoms with Crippen molar-refractivity contribution in [3.63, 3.8) is 0 Å². The Hall–Kier alpha value is -3.55. The molecule has 0 radical (unpaired) electrons. The monoisotopic (exact) mass is 483 g/mol. The Morgan fingerprint density at radius 1 is 1.17 bits per heavy atom. The van der Waals surface area contributed by atoms with Crippen LogP contribution < -0.4 is 10.4 Å². The Kier molecular flexibility index (Phi) is 5.69. The van der Waals surface area contributed by atoms with Crippen LogP contribution in [-0.2, 0) is 17.5 Å². The highest BCUT2D eigenvalue weighted by molar-refractivity contribution is 5.84. The van der Waals surface area contributed by atoms with E-state index in [-0.39, 0.29) is 30.1 Å². The summed E-state index contributed by atoms with van der Waals surface area (Å²) in [5, 5.41) is 1.91. The van der Waals surface area contributed by atoms with Gasteiger partial charge in [0.1, 0.15) is 5.82 Å². The minimum Gasteiger partial charge on any atom is -0.341 e. The van der Waals surface area contributed by atoms with Crippen LogP contribution in [0.5, 0.6) is 0 Å². The van der Waals surface area contributed by atoms with Gasteiger partial charge in [0.05, 0.1) is 22.9 Å². The number of allylic oxidation sites excluding steroid dienone is 3. The standard InChI is InChI=1S/C27H25F4N3O/c1-16-23-14-32-34(21-9-7-20(28)8-10-21)24(23)13-18-6-11-22(25(16)18)26(35)33(2)15-17-4-3-5-19(12-17)27(29,30)31/h3-5,7-10,12-14,16,22,32H,6,11,15H2,1-2H3/t16-,22-/m0/s1. The molecule has 2 aromatic rings. The molecule has 2 atom stereocenters. The third kappa shape index (κ3) is 4.22. The average molecular weight is 484 g/mol. The molecule has 0 saturated heterocycles. The predicted molar refractivity (Wildman–Crippen MR) is 125 cm³/mol. The lowest BCUT2D eigenvalue weighted by molar-refractivity contribution is -0.137. The van der Waals surface area contributed by atoms with Crippen LogP contribution in [0.3, 0.4) is 0 Å². The van der Waals surface area contributed by atoms with E-state index in [1.54, 1.807) is 25.2 Å². The van der Waals surface area contributed by atoms with Crippen LogP contribution >= 0.6 is 0 Å². The van der Waals surface area contributed by atoms with Crippen molar-refractivity contribution < 1.29 is 22.4 Å². The number of nitrogens with one attached hydrogen (secondary N) is 1. The summed E-state index contributed by atoms with van der Waals surface area (Å²) >= 11 is 0. The van der Waals surface area contributed by atoms with Gasteiger partial charge in [0.25, 0.3) is 0 Å². The molecule has 3 aliphatic rings. The number of rotatable bonds is 4. The number of halogens is 4. The number of nitrogens with zero attached hydrogens (tertiary/aromatic N) is 2. The Balaban J connectivity index is 1.37. The number of benzene rings is 2. The van der Waals surface area contributed by atoms with Crippen LogP contribution in [0.4, 0.5) is 23.2 Å². The molecule has 0 unspecified atom stereocenters. The highest BCUT2D eigenvalue weighted by atomic mass is 19.4. The molecule has 1 aliphatic heterocycles. The second kappa shape index (κ2) is 8.59. The van der Waals surface area contributed by atoms with E-state index in [4.69, 9.17) is 0 Å². The van der Waals surface area contributed by atoms with Crippen molar-refractivity contribution in [2.45, 2.75) is 32.5 Å². The maximum absolute atomic E-state index is 13.4. The van der Waals surface area contributed by atoms with Gasteiger partial charge in [-0.2, -0.15) is 13.2 Å². The molecule has 0 aromatic heterocycles. The second-order valence-corrected chi connectivity index (χ2v) is 9.26. The van der Waals surface area contributed by atoms with Crippen molar-refractivity contribution in [3.05, 3.63) is 100 Å². The first-order valence-electron chi connectivity index (χ1n) is 11.5. The Labute approximate surface area is 201 Å². The highest BCUT2D eigenvalue weighted by Gasteiger charge is 2.41.